The predicted octanol–water partition coefficient (Wildman–Crippen LogP) is 5.19. The number of benzene rings is 3. The molecule has 2 aromatic carbocycles. The molecule has 0 saturated heterocycles. The van der Waals surface area contributed by atoms with Crippen LogP contribution in [0.4, 0.5) is 30.7 Å². The average molecular weight is 550 g/mol. The lowest BCUT2D eigenvalue weighted by Crippen LogP contribution is -2.28. The monoisotopic (exact) mass is 550 g/mol. The molecular formula is C22H9F7O7S. The normalized spacial score (nSPS) is 12.2. The summed E-state index contributed by atoms with van der Waals surface area (Å²) in [4.78, 5) is 22.6. The molecule has 2 aromatic rings. The molecule has 0 radical (unpaired) electrons. The van der Waals surface area contributed by atoms with Gasteiger partial charge in [-0.25, -0.2) is 8.78 Å². The highest BCUT2D eigenvalue weighted by Crippen LogP contribution is 2.46. The molecule has 0 bridgehead atoms. The minimum atomic E-state index is -6.55. The Kier molecular flexibility index (Phi) is 6.14. The van der Waals surface area contributed by atoms with Gasteiger partial charge >= 0.3 is 15.6 Å². The van der Waals surface area contributed by atoms with Crippen molar-refractivity contribution in [3.05, 3.63) is 69.4 Å². The number of hydrogen-bond donors (Lipinski definition) is 0. The van der Waals surface area contributed by atoms with Crippen LogP contribution in [-0.4, -0.2) is 20.4 Å². The third kappa shape index (κ3) is 4.24. The minimum Gasteiger partial charge on any atom is -0.450 e. The lowest BCUT2D eigenvalue weighted by atomic mass is 9.90. The molecule has 7 nitrogen and oxygen atoms in total. The maximum atomic E-state index is 15.2. The summed E-state index contributed by atoms with van der Waals surface area (Å²) in [7, 11) is -6.55. The maximum Gasteiger partial charge on any atom is 0.534 e. The fourth-order valence-corrected chi connectivity index (χ4v) is 3.98. The molecule has 1 heterocycles. The summed E-state index contributed by atoms with van der Waals surface area (Å²) in [6.45, 7) is 1.48. The molecule has 0 fully saturated rings. The zero-order valence-electron chi connectivity index (χ0n) is 17.9. The van der Waals surface area contributed by atoms with Crippen LogP contribution in [-0.2, 0) is 14.9 Å². The minimum absolute atomic E-state index is 0.0398. The topological polar surface area (TPSA) is 99.9 Å². The van der Waals surface area contributed by atoms with Crippen LogP contribution in [0.25, 0.3) is 33.4 Å². The Morgan fingerprint density at radius 2 is 1.62 bits per heavy atom. The maximum absolute atomic E-state index is 15.2. The molecule has 0 saturated carbocycles. The van der Waals surface area contributed by atoms with Crippen molar-refractivity contribution in [2.75, 3.05) is 0 Å². The summed E-state index contributed by atoms with van der Waals surface area (Å²) in [5.74, 6) is -10.9. The molecule has 4 rings (SSSR count). The van der Waals surface area contributed by atoms with Gasteiger partial charge in [0.2, 0.25) is 17.4 Å². The first-order valence-electron chi connectivity index (χ1n) is 9.66. The van der Waals surface area contributed by atoms with Crippen molar-refractivity contribution in [2.24, 2.45) is 0 Å². The van der Waals surface area contributed by atoms with Crippen molar-refractivity contribution >= 4 is 27.6 Å². The number of carbonyl (C=O) groups is 1. The SMILES string of the molecule is Cc1ccc(OC=O)cc1-c1c2cc(F)c(=O)c(F)c-2oc2c(F)c(OS(=O)(=O)C(F)(F)F)c(F)cc12. The van der Waals surface area contributed by atoms with Crippen molar-refractivity contribution in [3.8, 4) is 33.9 Å². The van der Waals surface area contributed by atoms with E-state index in [-0.39, 0.29) is 23.3 Å². The van der Waals surface area contributed by atoms with Gasteiger partial charge in [-0.1, -0.05) is 6.07 Å². The molecule has 0 unspecified atom stereocenters. The van der Waals surface area contributed by atoms with Crippen molar-refractivity contribution in [1.29, 1.82) is 0 Å². The molecule has 0 spiro atoms. The van der Waals surface area contributed by atoms with Crippen LogP contribution < -0.4 is 14.3 Å². The van der Waals surface area contributed by atoms with Crippen LogP contribution in [0.15, 0.2) is 39.5 Å². The number of hydrogen-bond acceptors (Lipinski definition) is 7. The van der Waals surface area contributed by atoms with Crippen LogP contribution in [0.1, 0.15) is 5.56 Å². The quantitative estimate of drug-likeness (QED) is 0.111. The highest BCUT2D eigenvalue weighted by Gasteiger charge is 2.49. The number of ether oxygens (including phenoxy) is 1. The fourth-order valence-electron chi connectivity index (χ4n) is 3.51. The summed E-state index contributed by atoms with van der Waals surface area (Å²) >= 11 is 0. The van der Waals surface area contributed by atoms with E-state index >= 15 is 4.39 Å². The van der Waals surface area contributed by atoms with Gasteiger partial charge in [-0.05, 0) is 42.3 Å². The standard InChI is InChI=1S/C22H9F7O7S/c1-8-2-3-9(34-7-30)4-10(8)15-11-5-13(23)18(31)16(25)19(11)35-20-12(15)6-14(24)21(17(20)26)36-37(32,33)22(27,28)29/h2-7H,1H3. The van der Waals surface area contributed by atoms with Crippen LogP contribution in [0.5, 0.6) is 11.5 Å². The lowest BCUT2D eigenvalue weighted by Gasteiger charge is -2.19. The highest BCUT2D eigenvalue weighted by molar-refractivity contribution is 7.88. The molecule has 37 heavy (non-hydrogen) atoms. The zero-order chi connectivity index (χ0) is 27.4. The molecule has 194 valence electrons. The van der Waals surface area contributed by atoms with Gasteiger partial charge in [0.15, 0.2) is 23.0 Å². The number of rotatable bonds is 5. The third-order valence-corrected chi connectivity index (χ3v) is 6.10. The fraction of sp³-hybridized carbons (Fsp3) is 0.0909. The second-order valence-corrected chi connectivity index (χ2v) is 8.95. The largest absolute Gasteiger partial charge is 0.534 e. The number of halogens is 7. The van der Waals surface area contributed by atoms with E-state index in [0.29, 0.717) is 12.1 Å². The summed E-state index contributed by atoms with van der Waals surface area (Å²) in [5.41, 5.74) is -9.83. The van der Waals surface area contributed by atoms with Crippen molar-refractivity contribution in [3.63, 3.8) is 0 Å². The molecule has 1 aliphatic carbocycles. The van der Waals surface area contributed by atoms with Crippen molar-refractivity contribution in [2.45, 2.75) is 12.4 Å². The van der Waals surface area contributed by atoms with E-state index in [1.54, 1.807) is 0 Å². The van der Waals surface area contributed by atoms with Gasteiger partial charge in [-0.2, -0.15) is 30.4 Å². The van der Waals surface area contributed by atoms with E-state index in [1.165, 1.54) is 19.1 Å². The van der Waals surface area contributed by atoms with E-state index in [4.69, 9.17) is 9.15 Å². The van der Waals surface area contributed by atoms with Crippen LogP contribution in [0, 0.1) is 30.2 Å². The van der Waals surface area contributed by atoms with Gasteiger partial charge in [0, 0.05) is 16.5 Å². The van der Waals surface area contributed by atoms with Gasteiger partial charge in [0.25, 0.3) is 11.9 Å². The summed E-state index contributed by atoms with van der Waals surface area (Å²) in [6, 6.07) is 4.60. The number of alkyl halides is 3. The molecular weight excluding hydrogens is 541 g/mol. The number of carbonyl (C=O) groups excluding carboxylic acids is 1. The second-order valence-electron chi connectivity index (χ2n) is 7.41. The predicted molar refractivity (Wildman–Crippen MR) is 111 cm³/mol. The summed E-state index contributed by atoms with van der Waals surface area (Å²) < 4.78 is 133. The summed E-state index contributed by atoms with van der Waals surface area (Å²) in [5, 5.41) is -0.650. The molecule has 0 atom stereocenters. The first kappa shape index (κ1) is 25.9. The van der Waals surface area contributed by atoms with Crippen LogP contribution in [0.3, 0.4) is 0 Å². The molecule has 0 aromatic heterocycles. The second kappa shape index (κ2) is 8.76. The van der Waals surface area contributed by atoms with Crippen LogP contribution >= 0.6 is 0 Å². The number of aryl methyl sites for hydroxylation is 1. The zero-order valence-corrected chi connectivity index (χ0v) is 18.7. The number of fused-ring (bicyclic) bond motifs is 2. The van der Waals surface area contributed by atoms with Gasteiger partial charge in [-0.15, -0.1) is 0 Å². The third-order valence-electron chi connectivity index (χ3n) is 5.14. The van der Waals surface area contributed by atoms with Gasteiger partial charge in [-0.3, -0.25) is 9.59 Å². The first-order valence-corrected chi connectivity index (χ1v) is 11.1. The highest BCUT2D eigenvalue weighted by atomic mass is 32.2. The summed E-state index contributed by atoms with van der Waals surface area (Å²) in [6.07, 6.45) is 0. The van der Waals surface area contributed by atoms with Crippen molar-refractivity contribution < 1.29 is 57.3 Å². The molecule has 1 aliphatic heterocycles. The van der Waals surface area contributed by atoms with Crippen LogP contribution in [0.2, 0.25) is 0 Å². The Balaban J connectivity index is 2.19. The van der Waals surface area contributed by atoms with Gasteiger partial charge in [0.05, 0.1) is 0 Å². The van der Waals surface area contributed by atoms with Gasteiger partial charge < -0.3 is 13.3 Å². The molecule has 0 N–H and O–H groups in total. The smallest absolute Gasteiger partial charge is 0.450 e. The molecule has 2 aliphatic rings. The Labute approximate surface area is 201 Å². The Hall–Kier alpha value is -4.14. The Morgan fingerprint density at radius 3 is 2.24 bits per heavy atom. The van der Waals surface area contributed by atoms with Gasteiger partial charge in [0.1, 0.15) is 5.75 Å². The van der Waals surface area contributed by atoms with E-state index in [2.05, 4.69) is 4.18 Å². The first-order chi connectivity index (χ1) is 17.2. The average Bonchev–Trinajstić information content (AvgIpc) is 2.80. The Bertz CT molecular complexity index is 1730. The Morgan fingerprint density at radius 1 is 0.946 bits per heavy atom. The molecule has 15 heteroatoms. The molecule has 0 amide bonds. The lowest BCUT2D eigenvalue weighted by molar-refractivity contribution is -0.120. The van der Waals surface area contributed by atoms with E-state index in [0.717, 1.165) is 6.07 Å². The van der Waals surface area contributed by atoms with E-state index in [9.17, 15) is 44.3 Å². The van der Waals surface area contributed by atoms with E-state index < -0.39 is 77.9 Å². The van der Waals surface area contributed by atoms with Crippen molar-refractivity contribution in [1.82, 2.24) is 0 Å². The van der Waals surface area contributed by atoms with E-state index in [1.807, 2.05) is 0 Å².